The summed E-state index contributed by atoms with van der Waals surface area (Å²) >= 11 is 0. The van der Waals surface area contributed by atoms with Crippen molar-refractivity contribution in [1.29, 1.82) is 0 Å². The number of aliphatic hydroxyl groups excluding tert-OH is 1. The Bertz CT molecular complexity index is 487. The quantitative estimate of drug-likeness (QED) is 0.846. The van der Waals surface area contributed by atoms with Gasteiger partial charge in [0.2, 0.25) is 5.91 Å². The smallest absolute Gasteiger partial charge is 0.225 e. The zero-order valence-corrected chi connectivity index (χ0v) is 11.2. The Morgan fingerprint density at radius 2 is 2.21 bits per heavy atom. The summed E-state index contributed by atoms with van der Waals surface area (Å²) in [4.78, 5) is 14.1. The van der Waals surface area contributed by atoms with E-state index in [-0.39, 0.29) is 17.9 Å². The van der Waals surface area contributed by atoms with Crippen LogP contribution in [0.5, 0.6) is 0 Å². The van der Waals surface area contributed by atoms with E-state index >= 15 is 0 Å². The van der Waals surface area contributed by atoms with E-state index in [1.807, 2.05) is 24.3 Å². The average Bonchev–Trinajstić information content (AvgIpc) is 2.81. The number of piperidine rings is 1. The Labute approximate surface area is 113 Å². The highest BCUT2D eigenvalue weighted by Crippen LogP contribution is 2.35. The number of carbonyl (C=O) groups excluding carboxylic acids is 1. The van der Waals surface area contributed by atoms with Gasteiger partial charge in [-0.2, -0.15) is 0 Å². The van der Waals surface area contributed by atoms with Crippen molar-refractivity contribution in [2.75, 3.05) is 18.0 Å². The lowest BCUT2D eigenvalue weighted by molar-refractivity contribution is -0.122. The predicted molar refractivity (Wildman–Crippen MR) is 73.9 cm³/mol. The normalized spacial score (nSPS) is 27.9. The van der Waals surface area contributed by atoms with Gasteiger partial charge in [0.25, 0.3) is 0 Å². The Balaban J connectivity index is 1.95. The van der Waals surface area contributed by atoms with Gasteiger partial charge in [0.1, 0.15) is 0 Å². The molecule has 0 saturated carbocycles. The van der Waals surface area contributed by atoms with Gasteiger partial charge in [-0.05, 0) is 25.8 Å². The van der Waals surface area contributed by atoms with E-state index in [4.69, 9.17) is 0 Å². The number of benzene rings is 1. The summed E-state index contributed by atoms with van der Waals surface area (Å²) in [5.41, 5.74) is 2.02. The van der Waals surface area contributed by atoms with Gasteiger partial charge in [-0.3, -0.25) is 4.79 Å². The second kappa shape index (κ2) is 4.85. The summed E-state index contributed by atoms with van der Waals surface area (Å²) in [6.07, 6.45) is 1.52. The van der Waals surface area contributed by atoms with Crippen LogP contribution in [-0.2, 0) is 4.79 Å². The third-order valence-electron chi connectivity index (χ3n) is 4.30. The first-order chi connectivity index (χ1) is 9.18. The van der Waals surface area contributed by atoms with E-state index in [0.717, 1.165) is 37.2 Å². The van der Waals surface area contributed by atoms with Crippen LogP contribution in [0, 0.1) is 5.92 Å². The highest BCUT2D eigenvalue weighted by Gasteiger charge is 2.41. The van der Waals surface area contributed by atoms with Gasteiger partial charge >= 0.3 is 0 Å². The Morgan fingerprint density at radius 3 is 3.00 bits per heavy atom. The summed E-state index contributed by atoms with van der Waals surface area (Å²) in [5, 5.41) is 12.9. The predicted octanol–water partition coefficient (Wildman–Crippen LogP) is 1.45. The summed E-state index contributed by atoms with van der Waals surface area (Å²) in [7, 11) is 0. The van der Waals surface area contributed by atoms with Crippen molar-refractivity contribution < 1.29 is 9.90 Å². The van der Waals surface area contributed by atoms with Gasteiger partial charge in [0, 0.05) is 24.3 Å². The first-order valence-electron chi connectivity index (χ1n) is 7.00. The van der Waals surface area contributed by atoms with Crippen LogP contribution in [-0.4, -0.2) is 30.1 Å². The number of nitrogens with zero attached hydrogens (tertiary/aromatic N) is 1. The molecule has 0 aromatic heterocycles. The van der Waals surface area contributed by atoms with E-state index in [1.165, 1.54) is 0 Å². The summed E-state index contributed by atoms with van der Waals surface area (Å²) in [6.45, 7) is 3.47. The fourth-order valence-corrected chi connectivity index (χ4v) is 3.35. The molecule has 0 radical (unpaired) electrons. The number of aliphatic hydroxyl groups is 1. The molecule has 2 N–H and O–H groups in total. The van der Waals surface area contributed by atoms with Gasteiger partial charge in [0.05, 0.1) is 18.1 Å². The van der Waals surface area contributed by atoms with Gasteiger partial charge in [-0.25, -0.2) is 0 Å². The highest BCUT2D eigenvalue weighted by atomic mass is 16.3. The minimum absolute atomic E-state index is 0.107. The molecule has 0 bridgehead atoms. The zero-order valence-electron chi connectivity index (χ0n) is 11.2. The molecule has 2 fully saturated rings. The topological polar surface area (TPSA) is 52.6 Å². The molecule has 2 saturated heterocycles. The molecule has 2 heterocycles. The second-order valence-electron chi connectivity index (χ2n) is 5.49. The van der Waals surface area contributed by atoms with E-state index in [1.54, 1.807) is 6.92 Å². The van der Waals surface area contributed by atoms with E-state index in [0.29, 0.717) is 0 Å². The maximum atomic E-state index is 11.8. The van der Waals surface area contributed by atoms with E-state index in [2.05, 4.69) is 10.2 Å². The molecule has 2 aliphatic rings. The molecule has 102 valence electrons. The SMILES string of the molecule is C[C@H](O)c1ccccc1N1CCCC2C(=O)NCC21. The number of hydrogen-bond acceptors (Lipinski definition) is 3. The van der Waals surface area contributed by atoms with Gasteiger partial charge in [-0.1, -0.05) is 18.2 Å². The number of para-hydroxylation sites is 1. The van der Waals surface area contributed by atoms with Crippen LogP contribution < -0.4 is 10.2 Å². The highest BCUT2D eigenvalue weighted by molar-refractivity contribution is 5.83. The average molecular weight is 260 g/mol. The molecule has 3 rings (SSSR count). The fraction of sp³-hybridized carbons (Fsp3) is 0.533. The maximum Gasteiger partial charge on any atom is 0.225 e. The number of nitrogens with one attached hydrogen (secondary N) is 1. The monoisotopic (exact) mass is 260 g/mol. The van der Waals surface area contributed by atoms with Crippen LogP contribution >= 0.6 is 0 Å². The molecule has 2 unspecified atom stereocenters. The summed E-state index contributed by atoms with van der Waals surface area (Å²) in [6, 6.07) is 8.20. The Hall–Kier alpha value is -1.55. The largest absolute Gasteiger partial charge is 0.389 e. The molecule has 0 aliphatic carbocycles. The molecular weight excluding hydrogens is 240 g/mol. The van der Waals surface area contributed by atoms with Crippen LogP contribution in [0.1, 0.15) is 31.4 Å². The van der Waals surface area contributed by atoms with Crippen LogP contribution in [0.4, 0.5) is 5.69 Å². The molecule has 3 atom stereocenters. The number of carbonyl (C=O) groups is 1. The first kappa shape index (κ1) is 12.5. The molecule has 4 nitrogen and oxygen atoms in total. The molecule has 1 aromatic carbocycles. The number of anilines is 1. The van der Waals surface area contributed by atoms with Crippen molar-refractivity contribution in [2.45, 2.75) is 31.9 Å². The summed E-state index contributed by atoms with van der Waals surface area (Å²) < 4.78 is 0. The number of hydrogen-bond donors (Lipinski definition) is 2. The minimum atomic E-state index is -0.485. The molecule has 1 aromatic rings. The molecular formula is C15H20N2O2. The van der Waals surface area contributed by atoms with Crippen LogP contribution in [0.3, 0.4) is 0 Å². The van der Waals surface area contributed by atoms with Gasteiger partial charge < -0.3 is 15.3 Å². The second-order valence-corrected chi connectivity index (χ2v) is 5.49. The van der Waals surface area contributed by atoms with Gasteiger partial charge in [-0.15, -0.1) is 0 Å². The minimum Gasteiger partial charge on any atom is -0.389 e. The standard InChI is InChI=1S/C15H20N2O2/c1-10(18)11-5-2-3-7-13(11)17-8-4-6-12-14(17)9-16-15(12)19/h2-3,5,7,10,12,14,18H,4,6,8-9H2,1H3,(H,16,19)/t10-,12?,14?/m0/s1. The molecule has 0 spiro atoms. The van der Waals surface area contributed by atoms with Crippen molar-refractivity contribution in [1.82, 2.24) is 5.32 Å². The van der Waals surface area contributed by atoms with E-state index in [9.17, 15) is 9.90 Å². The molecule has 4 heteroatoms. The fourth-order valence-electron chi connectivity index (χ4n) is 3.35. The number of fused-ring (bicyclic) bond motifs is 1. The van der Waals surface area contributed by atoms with Gasteiger partial charge in [0.15, 0.2) is 0 Å². The van der Waals surface area contributed by atoms with Crippen molar-refractivity contribution in [3.8, 4) is 0 Å². The Morgan fingerprint density at radius 1 is 1.42 bits per heavy atom. The number of rotatable bonds is 2. The third-order valence-corrected chi connectivity index (χ3v) is 4.30. The van der Waals surface area contributed by atoms with Crippen molar-refractivity contribution in [3.05, 3.63) is 29.8 Å². The maximum absolute atomic E-state index is 11.8. The zero-order chi connectivity index (χ0) is 13.4. The van der Waals surface area contributed by atoms with Crippen LogP contribution in [0.15, 0.2) is 24.3 Å². The van der Waals surface area contributed by atoms with Crippen LogP contribution in [0.25, 0.3) is 0 Å². The van der Waals surface area contributed by atoms with Crippen molar-refractivity contribution in [3.63, 3.8) is 0 Å². The van der Waals surface area contributed by atoms with E-state index < -0.39 is 6.10 Å². The third kappa shape index (κ3) is 2.10. The Kier molecular flexibility index (Phi) is 3.19. The lowest BCUT2D eigenvalue weighted by Gasteiger charge is -2.39. The lowest BCUT2D eigenvalue weighted by atomic mass is 9.90. The molecule has 19 heavy (non-hydrogen) atoms. The van der Waals surface area contributed by atoms with Crippen LogP contribution in [0.2, 0.25) is 0 Å². The summed E-state index contributed by atoms with van der Waals surface area (Å²) in [5.74, 6) is 0.292. The number of amides is 1. The molecule has 2 aliphatic heterocycles. The first-order valence-corrected chi connectivity index (χ1v) is 7.00. The van der Waals surface area contributed by atoms with Crippen molar-refractivity contribution in [2.24, 2.45) is 5.92 Å². The lowest BCUT2D eigenvalue weighted by Crippen LogP contribution is -2.46. The molecule has 1 amide bonds. The van der Waals surface area contributed by atoms with Crippen molar-refractivity contribution >= 4 is 11.6 Å².